The Balaban J connectivity index is 2.32. The number of carbonyl (C=O) groups is 2. The zero-order valence-electron chi connectivity index (χ0n) is 10.4. The molecule has 1 saturated carbocycles. The van der Waals surface area contributed by atoms with Crippen LogP contribution < -0.4 is 0 Å². The second kappa shape index (κ2) is 4.79. The van der Waals surface area contributed by atoms with E-state index < -0.39 is 16.3 Å². The van der Waals surface area contributed by atoms with Crippen LogP contribution >= 0.6 is 0 Å². The van der Waals surface area contributed by atoms with Crippen LogP contribution in [0.1, 0.15) is 25.3 Å². The molecule has 0 spiro atoms. The van der Waals surface area contributed by atoms with E-state index in [0.29, 0.717) is 5.56 Å². The van der Waals surface area contributed by atoms with Crippen LogP contribution in [0.2, 0.25) is 0 Å². The number of ketones is 1. The number of hydrogen-bond donors (Lipinski definition) is 0. The van der Waals surface area contributed by atoms with Crippen molar-refractivity contribution in [1.29, 1.82) is 0 Å². The number of ether oxygens (including phenoxy) is 1. The highest BCUT2D eigenvalue weighted by molar-refractivity contribution is 6.02. The summed E-state index contributed by atoms with van der Waals surface area (Å²) in [6.07, 6.45) is 0.202. The molecular formula is C13H13NO5. The average molecular weight is 263 g/mol. The maximum Gasteiger partial charge on any atom is 0.317 e. The largest absolute Gasteiger partial charge is 0.465 e. The fourth-order valence-electron chi connectivity index (χ4n) is 2.26. The molecule has 1 aromatic carbocycles. The highest BCUT2D eigenvalue weighted by Gasteiger charge is 2.52. The number of non-ortho nitro benzene ring substituents is 1. The molecule has 0 heterocycles. The van der Waals surface area contributed by atoms with Crippen molar-refractivity contribution in [2.24, 2.45) is 0 Å². The molecule has 0 bridgehead atoms. The van der Waals surface area contributed by atoms with Crippen LogP contribution in [-0.4, -0.2) is 23.3 Å². The molecule has 6 nitrogen and oxygen atoms in total. The SMILES string of the molecule is CCOC(=O)C1(c2ccc([N+](=O)[O-])cc2)CC(=O)C1. The van der Waals surface area contributed by atoms with Gasteiger partial charge in [-0.05, 0) is 12.5 Å². The Morgan fingerprint density at radius 3 is 2.37 bits per heavy atom. The monoisotopic (exact) mass is 263 g/mol. The van der Waals surface area contributed by atoms with Gasteiger partial charge in [-0.15, -0.1) is 0 Å². The molecule has 1 aliphatic rings. The third-order valence-corrected chi connectivity index (χ3v) is 3.29. The molecule has 0 radical (unpaired) electrons. The summed E-state index contributed by atoms with van der Waals surface area (Å²) in [5.74, 6) is -0.449. The molecule has 0 atom stereocenters. The third kappa shape index (κ3) is 2.21. The maximum absolute atomic E-state index is 12.0. The van der Waals surface area contributed by atoms with Gasteiger partial charge in [0.1, 0.15) is 11.2 Å². The molecule has 0 saturated heterocycles. The van der Waals surface area contributed by atoms with Crippen molar-refractivity contribution < 1.29 is 19.2 Å². The molecule has 100 valence electrons. The van der Waals surface area contributed by atoms with Gasteiger partial charge in [-0.3, -0.25) is 19.7 Å². The Labute approximate surface area is 109 Å². The van der Waals surface area contributed by atoms with E-state index in [-0.39, 0.29) is 30.9 Å². The van der Waals surface area contributed by atoms with Gasteiger partial charge < -0.3 is 4.74 Å². The van der Waals surface area contributed by atoms with Gasteiger partial charge in [0.25, 0.3) is 5.69 Å². The first kappa shape index (κ1) is 13.2. The standard InChI is InChI=1S/C13H13NO5/c1-2-19-12(16)13(7-11(15)8-13)9-3-5-10(6-4-9)14(17)18/h3-6H,2,7-8H2,1H3. The smallest absolute Gasteiger partial charge is 0.317 e. The topological polar surface area (TPSA) is 86.5 Å². The van der Waals surface area contributed by atoms with Crippen molar-refractivity contribution >= 4 is 17.4 Å². The van der Waals surface area contributed by atoms with E-state index >= 15 is 0 Å². The number of nitrogens with zero attached hydrogens (tertiary/aromatic N) is 1. The molecule has 0 amide bonds. The Bertz CT molecular complexity index is 526. The van der Waals surface area contributed by atoms with E-state index in [1.807, 2.05) is 0 Å². The summed E-state index contributed by atoms with van der Waals surface area (Å²) in [5, 5.41) is 10.6. The molecule has 0 aliphatic heterocycles. The van der Waals surface area contributed by atoms with E-state index in [2.05, 4.69) is 0 Å². The van der Waals surface area contributed by atoms with Crippen LogP contribution in [0.15, 0.2) is 24.3 Å². The lowest BCUT2D eigenvalue weighted by Crippen LogP contribution is -2.49. The first-order valence-electron chi connectivity index (χ1n) is 5.93. The number of carbonyl (C=O) groups excluding carboxylic acids is 2. The lowest BCUT2D eigenvalue weighted by molar-refractivity contribution is -0.384. The highest BCUT2D eigenvalue weighted by atomic mass is 16.6. The molecule has 0 unspecified atom stereocenters. The van der Waals surface area contributed by atoms with E-state index in [1.165, 1.54) is 24.3 Å². The van der Waals surface area contributed by atoms with Crippen molar-refractivity contribution in [2.75, 3.05) is 6.61 Å². The lowest BCUT2D eigenvalue weighted by atomic mass is 9.63. The zero-order chi connectivity index (χ0) is 14.0. The predicted octanol–water partition coefficient (Wildman–Crippen LogP) is 1.76. The van der Waals surface area contributed by atoms with Crippen LogP contribution in [0.5, 0.6) is 0 Å². The van der Waals surface area contributed by atoms with Gasteiger partial charge in [-0.2, -0.15) is 0 Å². The first-order chi connectivity index (χ1) is 8.99. The average Bonchev–Trinajstić information content (AvgIpc) is 2.35. The minimum Gasteiger partial charge on any atom is -0.465 e. The van der Waals surface area contributed by atoms with Crippen LogP contribution in [0.25, 0.3) is 0 Å². The number of benzene rings is 1. The Kier molecular flexibility index (Phi) is 3.33. The lowest BCUT2D eigenvalue weighted by Gasteiger charge is -2.38. The summed E-state index contributed by atoms with van der Waals surface area (Å²) in [7, 11) is 0. The van der Waals surface area contributed by atoms with E-state index in [9.17, 15) is 19.7 Å². The second-order valence-corrected chi connectivity index (χ2v) is 4.50. The fourth-order valence-corrected chi connectivity index (χ4v) is 2.26. The number of nitro groups is 1. The van der Waals surface area contributed by atoms with Crippen LogP contribution in [0.4, 0.5) is 5.69 Å². The summed E-state index contributed by atoms with van der Waals surface area (Å²) >= 11 is 0. The summed E-state index contributed by atoms with van der Waals surface area (Å²) < 4.78 is 5.00. The van der Waals surface area contributed by atoms with Crippen molar-refractivity contribution in [3.8, 4) is 0 Å². The number of Topliss-reactive ketones (excluding diaryl/α,β-unsaturated/α-hetero) is 1. The number of nitro benzene ring substituents is 1. The van der Waals surface area contributed by atoms with Gasteiger partial charge in [-0.25, -0.2) is 0 Å². The summed E-state index contributed by atoms with van der Waals surface area (Å²) in [6.45, 7) is 1.93. The molecule has 1 aromatic rings. The predicted molar refractivity (Wildman–Crippen MR) is 65.6 cm³/mol. The van der Waals surface area contributed by atoms with Gasteiger partial charge in [0.15, 0.2) is 0 Å². The highest BCUT2D eigenvalue weighted by Crippen LogP contribution is 2.42. The fraction of sp³-hybridized carbons (Fsp3) is 0.385. The van der Waals surface area contributed by atoms with E-state index in [4.69, 9.17) is 4.74 Å². The quantitative estimate of drug-likeness (QED) is 0.469. The van der Waals surface area contributed by atoms with Crippen molar-refractivity contribution in [3.63, 3.8) is 0 Å². The second-order valence-electron chi connectivity index (χ2n) is 4.50. The summed E-state index contributed by atoms with van der Waals surface area (Å²) in [6, 6.07) is 5.70. The molecule has 0 N–H and O–H groups in total. The van der Waals surface area contributed by atoms with Crippen molar-refractivity contribution in [1.82, 2.24) is 0 Å². The van der Waals surface area contributed by atoms with Gasteiger partial charge >= 0.3 is 5.97 Å². The Morgan fingerprint density at radius 2 is 1.95 bits per heavy atom. The minimum atomic E-state index is -0.956. The van der Waals surface area contributed by atoms with Crippen molar-refractivity contribution in [3.05, 3.63) is 39.9 Å². The number of esters is 1. The molecule has 19 heavy (non-hydrogen) atoms. The zero-order valence-corrected chi connectivity index (χ0v) is 10.4. The normalized spacial score (nSPS) is 16.6. The maximum atomic E-state index is 12.0. The van der Waals surface area contributed by atoms with Crippen LogP contribution in [0, 0.1) is 10.1 Å². The van der Waals surface area contributed by atoms with Gasteiger partial charge in [0, 0.05) is 25.0 Å². The summed E-state index contributed by atoms with van der Waals surface area (Å²) in [5.41, 5.74) is -0.410. The number of hydrogen-bond acceptors (Lipinski definition) is 5. The third-order valence-electron chi connectivity index (χ3n) is 3.29. The van der Waals surface area contributed by atoms with Gasteiger partial charge in [0.05, 0.1) is 11.5 Å². The minimum absolute atomic E-state index is 0.00796. The van der Waals surface area contributed by atoms with Crippen LogP contribution in [0.3, 0.4) is 0 Å². The van der Waals surface area contributed by atoms with Gasteiger partial charge in [-0.1, -0.05) is 12.1 Å². The molecule has 0 aromatic heterocycles. The Morgan fingerprint density at radius 1 is 1.37 bits per heavy atom. The van der Waals surface area contributed by atoms with Crippen LogP contribution in [-0.2, 0) is 19.7 Å². The van der Waals surface area contributed by atoms with E-state index in [0.717, 1.165) is 0 Å². The molecule has 1 fully saturated rings. The molecule has 2 rings (SSSR count). The summed E-state index contributed by atoms with van der Waals surface area (Å²) in [4.78, 5) is 33.3. The molecule has 1 aliphatic carbocycles. The van der Waals surface area contributed by atoms with Gasteiger partial charge in [0.2, 0.25) is 0 Å². The molecule has 6 heteroatoms. The van der Waals surface area contributed by atoms with Crippen molar-refractivity contribution in [2.45, 2.75) is 25.2 Å². The first-order valence-corrected chi connectivity index (χ1v) is 5.93. The number of rotatable bonds is 4. The Hall–Kier alpha value is -2.24. The molecular weight excluding hydrogens is 250 g/mol. The van der Waals surface area contributed by atoms with E-state index in [1.54, 1.807) is 6.92 Å².